The van der Waals surface area contributed by atoms with Gasteiger partial charge in [0.1, 0.15) is 71.0 Å². The molecule has 0 spiro atoms. The van der Waals surface area contributed by atoms with Crippen LogP contribution in [0.3, 0.4) is 0 Å². The van der Waals surface area contributed by atoms with E-state index in [-0.39, 0.29) is 72.1 Å². The number of hydrogen-bond acceptors (Lipinski definition) is 30. The number of nitrogens with two attached hydrogens (primary N) is 1. The molecule has 6 aromatic carbocycles. The first kappa shape index (κ1) is 93.4. The molecule has 0 radical (unpaired) electrons. The number of imidazole rings is 2. The number of rotatable bonds is 26. The summed E-state index contributed by atoms with van der Waals surface area (Å²) in [4.78, 5) is 131. The zero-order valence-electron chi connectivity index (χ0n) is 75.2. The van der Waals surface area contributed by atoms with Crippen LogP contribution in [0.5, 0.6) is 0 Å². The fourth-order valence-electron chi connectivity index (χ4n) is 15.6. The third-order valence-corrected chi connectivity index (χ3v) is 22.4. The summed E-state index contributed by atoms with van der Waals surface area (Å²) < 4.78 is 56.5. The molecule has 2 saturated heterocycles. The molecule has 16 aromatic rings. The van der Waals surface area contributed by atoms with Crippen molar-refractivity contribution in [1.29, 1.82) is 0 Å². The van der Waals surface area contributed by atoms with E-state index in [9.17, 15) is 33.6 Å². The highest BCUT2D eigenvalue weighted by Crippen LogP contribution is 2.35. The van der Waals surface area contributed by atoms with Gasteiger partial charge in [-0.15, -0.1) is 0 Å². The summed E-state index contributed by atoms with van der Waals surface area (Å²) in [7, 11) is 3.87. The Morgan fingerprint density at radius 2 is 0.851 bits per heavy atom. The van der Waals surface area contributed by atoms with Crippen molar-refractivity contribution in [3.05, 3.63) is 296 Å². The number of amides is 1. The van der Waals surface area contributed by atoms with Crippen LogP contribution in [0, 0.1) is 0 Å². The zero-order chi connectivity index (χ0) is 94.1. The summed E-state index contributed by atoms with van der Waals surface area (Å²) in [6.45, 7) is 13.5. The van der Waals surface area contributed by atoms with Gasteiger partial charge in [0.15, 0.2) is 27.8 Å². The molecule has 2 unspecified atom stereocenters. The molecule has 134 heavy (non-hydrogen) atoms. The lowest BCUT2D eigenvalue weighted by atomic mass is 10.1. The number of carbonyl (C=O) groups is 4. The molecule has 12 heterocycles. The minimum Gasteiger partial charge on any atom is -0.463 e. The van der Waals surface area contributed by atoms with E-state index in [0.717, 1.165) is 44.4 Å². The van der Waals surface area contributed by atoms with Crippen LogP contribution in [0.4, 0.5) is 27.7 Å². The molecule has 10 aromatic heterocycles. The molecule has 36 nitrogen and oxygen atoms in total. The van der Waals surface area contributed by atoms with Crippen molar-refractivity contribution in [2.75, 3.05) is 55.8 Å². The third kappa shape index (κ3) is 21.2. The second-order valence-electron chi connectivity index (χ2n) is 32.2. The molecular weight excluding hydrogens is 1740 g/mol. The van der Waals surface area contributed by atoms with Crippen molar-refractivity contribution in [3.8, 4) is 17.1 Å². The second kappa shape index (κ2) is 42.7. The number of esters is 3. The lowest BCUT2D eigenvalue weighted by Crippen LogP contribution is -2.37. The van der Waals surface area contributed by atoms with Crippen molar-refractivity contribution < 1.29 is 60.9 Å². The average molecular weight is 1840 g/mol. The summed E-state index contributed by atoms with van der Waals surface area (Å²) in [6.07, 6.45) is 13.8. The van der Waals surface area contributed by atoms with Crippen LogP contribution in [0.1, 0.15) is 196 Å². The Morgan fingerprint density at radius 1 is 0.463 bits per heavy atom. The number of ether oxygens (including phenoxy) is 6. The molecule has 0 bridgehead atoms. The largest absolute Gasteiger partial charge is 0.463 e. The first-order chi connectivity index (χ1) is 65.0. The Morgan fingerprint density at radius 3 is 1.24 bits per heavy atom. The van der Waals surface area contributed by atoms with Crippen LogP contribution in [-0.4, -0.2) is 132 Å². The molecule has 5 atom stereocenters. The Kier molecular flexibility index (Phi) is 29.8. The number of furan rings is 3. The predicted molar refractivity (Wildman–Crippen MR) is 504 cm³/mol. The van der Waals surface area contributed by atoms with E-state index in [1.54, 1.807) is 97.2 Å². The minimum absolute atomic E-state index is 0.0321. The molecule has 0 saturated carbocycles. The number of hydrogen-bond donors (Lipinski definition) is 6. The average Bonchev–Trinajstić information content (AvgIpc) is 1.03. The monoisotopic (exact) mass is 1840 g/mol. The summed E-state index contributed by atoms with van der Waals surface area (Å²) >= 11 is 5.94. The molecule has 0 aliphatic carbocycles. The summed E-state index contributed by atoms with van der Waals surface area (Å²) in [5.41, 5.74) is 12.9. The maximum absolute atomic E-state index is 14.5. The maximum atomic E-state index is 14.5. The maximum Gasteiger partial charge on any atom is 0.408 e. The standard InChI is InChI=1S/C34H34N8O5.C29H32N4O6.C24H24N4O4.C10H11ClN4O/c1-3-23(39-30-29-32(37-19-36-30)41(20-38-29)27-14-7-8-17-46-27)31-40-25-13-9-12-24(35-18-22-15-16-26(47-22)34(44)45-2)28(25)33(43)42(31)21-10-5-4-6-11-21;1-6-20(32-28(36)39-29(2,3)4)25-31-22-14-10-13-21(30-17-19-15-16-23(38-19)27(35)37-5)24(22)26(34)33(25)18-11-8-7-9-12-18;1-3-17(25)22-27-19-11-7-10-18(26-14-16-12-13-20(32-16)24(30)31-2)21(19)23(29)28(22)15-8-5-4-6-9-15;11-9-8-10(13-5-12-9)15(6-14-8)7-3-1-2-4-16-7/h4-6,9-13,15-16,19-20,23,27,35H,3,7-8,14,17-18H2,1-2H3,(H,36,37,39);7-16,20,30H,6,17H2,1-5H3,(H,32,36);4-13,17,26H,3,14,25H2,1-2H3;5-7H,1-4H2/t23-,27?;20-;17-;/m000./s1. The van der Waals surface area contributed by atoms with Gasteiger partial charge in [-0.05, 0) is 188 Å². The van der Waals surface area contributed by atoms with Gasteiger partial charge < -0.3 is 74.0 Å². The van der Waals surface area contributed by atoms with Gasteiger partial charge in [-0.1, -0.05) is 105 Å². The fourth-order valence-corrected chi connectivity index (χ4v) is 15.7. The Hall–Kier alpha value is -15.3. The van der Waals surface area contributed by atoms with Crippen molar-refractivity contribution in [2.24, 2.45) is 5.73 Å². The zero-order valence-corrected chi connectivity index (χ0v) is 75.9. The van der Waals surface area contributed by atoms with E-state index < -0.39 is 41.7 Å². The van der Waals surface area contributed by atoms with Gasteiger partial charge in [0.2, 0.25) is 17.3 Å². The first-order valence-electron chi connectivity index (χ1n) is 43.9. The van der Waals surface area contributed by atoms with Gasteiger partial charge in [0, 0.05) is 30.3 Å². The lowest BCUT2D eigenvalue weighted by Gasteiger charge is -2.25. The highest BCUT2D eigenvalue weighted by molar-refractivity contribution is 6.33. The number of para-hydroxylation sites is 3. The quantitative estimate of drug-likeness (QED) is 0.0167. The Balaban J connectivity index is 0.000000143. The molecule has 1 amide bonds. The lowest BCUT2D eigenvalue weighted by molar-refractivity contribution is -0.0299. The number of nitrogens with zero attached hydrogens (tertiary/aromatic N) is 14. The van der Waals surface area contributed by atoms with Gasteiger partial charge >= 0.3 is 24.0 Å². The number of fused-ring (bicyclic) bond motifs is 5. The van der Waals surface area contributed by atoms with E-state index in [4.69, 9.17) is 64.5 Å². The molecule has 2 aliphatic heterocycles. The van der Waals surface area contributed by atoms with Gasteiger partial charge in [0.05, 0.1) is 122 Å². The molecule has 18 rings (SSSR count). The van der Waals surface area contributed by atoms with E-state index in [0.29, 0.717) is 155 Å². The van der Waals surface area contributed by atoms with E-state index in [1.807, 2.05) is 151 Å². The van der Waals surface area contributed by atoms with Crippen molar-refractivity contribution in [3.63, 3.8) is 0 Å². The highest BCUT2D eigenvalue weighted by atomic mass is 35.5. The number of anilines is 4. The van der Waals surface area contributed by atoms with Gasteiger partial charge in [0.25, 0.3) is 16.7 Å². The van der Waals surface area contributed by atoms with Crippen molar-refractivity contribution in [2.45, 2.75) is 155 Å². The van der Waals surface area contributed by atoms with Crippen LogP contribution < -0.4 is 49.0 Å². The van der Waals surface area contributed by atoms with E-state index in [1.165, 1.54) is 51.0 Å². The van der Waals surface area contributed by atoms with Gasteiger partial charge in [-0.3, -0.25) is 37.2 Å². The van der Waals surface area contributed by atoms with Crippen LogP contribution in [0.2, 0.25) is 5.15 Å². The first-order valence-corrected chi connectivity index (χ1v) is 44.2. The summed E-state index contributed by atoms with van der Waals surface area (Å²) in [5, 5.41) is 17.8. The van der Waals surface area contributed by atoms with Crippen LogP contribution in [-0.2, 0) is 48.1 Å². The highest BCUT2D eigenvalue weighted by Gasteiger charge is 2.31. The SMILES string of the molecule is CC[C@H](N)c1nc2cccc(NCc3ccc(C(=O)OC)o3)c2c(=O)n1-c1ccccc1.CC[C@H](NC(=O)OC(C)(C)C)c1nc2cccc(NCc3ccc(C(=O)OC)o3)c2c(=O)n1-c1ccccc1.CC[C@H](Nc1ncnc2c1ncn2C1CCCCO1)c1nc2cccc(NCc3ccc(C(=O)OC)o3)c2c(=O)n1-c1ccccc1.Clc1ncnc2c1ncn2C1CCCCO1. The van der Waals surface area contributed by atoms with Crippen molar-refractivity contribution in [1.82, 2.24) is 73.0 Å². The molecule has 692 valence electrons. The number of benzene rings is 6. The van der Waals surface area contributed by atoms with Crippen molar-refractivity contribution >= 4 is 114 Å². The van der Waals surface area contributed by atoms with Crippen LogP contribution in [0.15, 0.2) is 235 Å². The molecule has 7 N–H and O–H groups in total. The summed E-state index contributed by atoms with van der Waals surface area (Å²) in [5.74, 6) is 2.16. The Bertz CT molecular complexity index is 7040. The normalized spacial score (nSPS) is 14.4. The number of nitrogens with one attached hydrogen (secondary N) is 5. The molecular formula is C97H101ClN20O16. The minimum atomic E-state index is -0.676. The molecule has 37 heteroatoms. The fraction of sp³-hybridized carbons (Fsp3) is 0.299. The smallest absolute Gasteiger partial charge is 0.408 e. The van der Waals surface area contributed by atoms with Gasteiger partial charge in [-0.25, -0.2) is 64.0 Å². The van der Waals surface area contributed by atoms with Crippen LogP contribution in [0.25, 0.3) is 72.1 Å². The van der Waals surface area contributed by atoms with E-state index in [2.05, 4.69) is 66.0 Å². The molecule has 2 aliphatic rings. The summed E-state index contributed by atoms with van der Waals surface area (Å²) in [6, 6.07) is 52.5. The third-order valence-electron chi connectivity index (χ3n) is 22.1. The number of halogens is 1. The van der Waals surface area contributed by atoms with E-state index >= 15 is 0 Å². The number of aromatic nitrogens is 14. The Labute approximate surface area is 772 Å². The second-order valence-corrected chi connectivity index (χ2v) is 32.5. The van der Waals surface area contributed by atoms with Crippen LogP contribution >= 0.6 is 11.6 Å². The topological polar surface area (TPSA) is 441 Å². The predicted octanol–water partition coefficient (Wildman–Crippen LogP) is 17.1. The molecule has 2 fully saturated rings. The number of carbonyl (C=O) groups excluding carboxylic acids is 4. The number of alkyl carbamates (subject to hydrolysis) is 1. The number of methoxy groups -OCH3 is 3. The van der Waals surface area contributed by atoms with Gasteiger partial charge in [-0.2, -0.15) is 0 Å².